The lowest BCUT2D eigenvalue weighted by Crippen LogP contribution is -2.58. The minimum Gasteiger partial charge on any atom is -0.457 e. The zero-order chi connectivity index (χ0) is 21.4. The minimum absolute atomic E-state index is 0.243. The molecule has 1 fully saturated rings. The third kappa shape index (κ3) is 3.94. The Balaban J connectivity index is 2.03. The van der Waals surface area contributed by atoms with Gasteiger partial charge in [0.25, 0.3) is 0 Å². The molecule has 0 spiro atoms. The molecule has 3 rings (SSSR count). The Hall–Kier alpha value is -2.97. The lowest BCUT2D eigenvalue weighted by atomic mass is 9.73. The SMILES string of the molecule is CCc1ccc(Oc2ccc(C#N)cc2)cc1C1C(=O)C(C)(C)OC(C)(C)C1=O. The van der Waals surface area contributed by atoms with E-state index in [2.05, 4.69) is 6.07 Å². The predicted molar refractivity (Wildman–Crippen MR) is 109 cm³/mol. The zero-order valence-corrected chi connectivity index (χ0v) is 17.4. The Labute approximate surface area is 171 Å². The molecule has 1 heterocycles. The number of ketones is 2. The molecule has 5 nitrogen and oxygen atoms in total. The number of Topliss-reactive ketones (excluding diaryl/α,β-unsaturated/α-hetero) is 2. The smallest absolute Gasteiger partial charge is 0.179 e. The summed E-state index contributed by atoms with van der Waals surface area (Å²) in [5.41, 5.74) is 0.0199. The summed E-state index contributed by atoms with van der Waals surface area (Å²) in [6.07, 6.45) is 0.686. The summed E-state index contributed by atoms with van der Waals surface area (Å²) in [5.74, 6) is -0.276. The molecule has 0 aromatic heterocycles. The van der Waals surface area contributed by atoms with Crippen LogP contribution in [-0.4, -0.2) is 22.8 Å². The van der Waals surface area contributed by atoms with E-state index in [9.17, 15) is 9.59 Å². The summed E-state index contributed by atoms with van der Waals surface area (Å²) >= 11 is 0. The second-order valence-corrected chi connectivity index (χ2v) is 8.24. The first-order valence-corrected chi connectivity index (χ1v) is 9.68. The van der Waals surface area contributed by atoms with E-state index in [4.69, 9.17) is 14.7 Å². The largest absolute Gasteiger partial charge is 0.457 e. The van der Waals surface area contributed by atoms with Crippen LogP contribution < -0.4 is 4.74 Å². The van der Waals surface area contributed by atoms with Gasteiger partial charge in [0.05, 0.1) is 11.6 Å². The molecule has 5 heteroatoms. The molecule has 0 atom stereocenters. The lowest BCUT2D eigenvalue weighted by molar-refractivity contribution is -0.184. The van der Waals surface area contributed by atoms with Crippen LogP contribution in [-0.2, 0) is 20.7 Å². The monoisotopic (exact) mass is 391 g/mol. The van der Waals surface area contributed by atoms with Gasteiger partial charge in [-0.05, 0) is 81.6 Å². The third-order valence-electron chi connectivity index (χ3n) is 5.25. The molecule has 0 radical (unpaired) electrons. The third-order valence-corrected chi connectivity index (χ3v) is 5.25. The van der Waals surface area contributed by atoms with Crippen molar-refractivity contribution >= 4 is 11.6 Å². The standard InChI is InChI=1S/C24H25NO4/c1-6-16-9-12-18(28-17-10-7-15(14-25)8-11-17)13-19(16)20-21(26)23(2,3)29-24(4,5)22(20)27/h7-13,20H,6H2,1-5H3. The fraction of sp³-hybridized carbons (Fsp3) is 0.375. The number of nitrogens with zero attached hydrogens (tertiary/aromatic N) is 1. The molecule has 0 N–H and O–H groups in total. The Bertz CT molecular complexity index is 971. The van der Waals surface area contributed by atoms with Gasteiger partial charge in [0.1, 0.15) is 28.6 Å². The summed E-state index contributed by atoms with van der Waals surface area (Å²) in [6, 6.07) is 14.3. The molecule has 0 amide bonds. The van der Waals surface area contributed by atoms with Gasteiger partial charge in [-0.15, -0.1) is 0 Å². The number of aryl methyl sites for hydroxylation is 1. The zero-order valence-electron chi connectivity index (χ0n) is 17.4. The first-order valence-electron chi connectivity index (χ1n) is 9.68. The molecular formula is C24H25NO4. The molecule has 1 aliphatic rings. The molecular weight excluding hydrogens is 366 g/mol. The van der Waals surface area contributed by atoms with E-state index in [0.29, 0.717) is 29.0 Å². The van der Waals surface area contributed by atoms with Crippen LogP contribution in [0, 0.1) is 11.3 Å². The highest BCUT2D eigenvalue weighted by Crippen LogP contribution is 2.40. The van der Waals surface area contributed by atoms with E-state index >= 15 is 0 Å². The van der Waals surface area contributed by atoms with Gasteiger partial charge >= 0.3 is 0 Å². The Morgan fingerprint density at radius 2 is 1.52 bits per heavy atom. The maximum absolute atomic E-state index is 13.1. The van der Waals surface area contributed by atoms with E-state index in [1.807, 2.05) is 19.1 Å². The highest BCUT2D eigenvalue weighted by molar-refractivity contribution is 6.15. The lowest BCUT2D eigenvalue weighted by Gasteiger charge is -2.43. The molecule has 150 valence electrons. The number of hydrogen-bond donors (Lipinski definition) is 0. The highest BCUT2D eigenvalue weighted by atomic mass is 16.5. The van der Waals surface area contributed by atoms with Crippen molar-refractivity contribution in [3.63, 3.8) is 0 Å². The number of rotatable bonds is 4. The fourth-order valence-electron chi connectivity index (χ4n) is 3.80. The molecule has 0 saturated carbocycles. The van der Waals surface area contributed by atoms with Crippen molar-refractivity contribution in [2.45, 2.75) is 58.2 Å². The van der Waals surface area contributed by atoms with Crippen LogP contribution in [0.15, 0.2) is 42.5 Å². The van der Waals surface area contributed by atoms with Crippen LogP contribution in [0.5, 0.6) is 11.5 Å². The van der Waals surface area contributed by atoms with E-state index in [1.54, 1.807) is 58.0 Å². The van der Waals surface area contributed by atoms with Crippen molar-refractivity contribution in [3.05, 3.63) is 59.2 Å². The van der Waals surface area contributed by atoms with Gasteiger partial charge in [0.2, 0.25) is 0 Å². The van der Waals surface area contributed by atoms with Crippen LogP contribution in [0.3, 0.4) is 0 Å². The molecule has 2 aromatic rings. The van der Waals surface area contributed by atoms with Crippen molar-refractivity contribution in [1.29, 1.82) is 5.26 Å². The summed E-state index contributed by atoms with van der Waals surface area (Å²) in [7, 11) is 0. The van der Waals surface area contributed by atoms with Gasteiger partial charge in [-0.2, -0.15) is 5.26 Å². The fourth-order valence-corrected chi connectivity index (χ4v) is 3.80. The minimum atomic E-state index is -1.06. The average molecular weight is 391 g/mol. The number of carbonyl (C=O) groups is 2. The first-order chi connectivity index (χ1) is 13.6. The van der Waals surface area contributed by atoms with Gasteiger partial charge in [0.15, 0.2) is 11.6 Å². The van der Waals surface area contributed by atoms with E-state index in [-0.39, 0.29) is 11.6 Å². The van der Waals surface area contributed by atoms with Crippen LogP contribution in [0.4, 0.5) is 0 Å². The van der Waals surface area contributed by atoms with Crippen molar-refractivity contribution in [2.24, 2.45) is 0 Å². The quantitative estimate of drug-likeness (QED) is 0.705. The Kier molecular flexibility index (Phi) is 5.34. The van der Waals surface area contributed by atoms with Crippen molar-refractivity contribution in [3.8, 4) is 17.6 Å². The Morgan fingerprint density at radius 1 is 0.966 bits per heavy atom. The number of ether oxygens (including phenoxy) is 2. The second-order valence-electron chi connectivity index (χ2n) is 8.24. The molecule has 2 aromatic carbocycles. The maximum atomic E-state index is 13.1. The number of carbonyl (C=O) groups excluding carboxylic acids is 2. The number of benzene rings is 2. The van der Waals surface area contributed by atoms with Crippen LogP contribution in [0.25, 0.3) is 0 Å². The first kappa shape index (κ1) is 20.8. The van der Waals surface area contributed by atoms with E-state index in [0.717, 1.165) is 5.56 Å². The molecule has 1 saturated heterocycles. The summed E-state index contributed by atoms with van der Waals surface area (Å²) < 4.78 is 11.7. The molecule has 0 aliphatic carbocycles. The number of nitriles is 1. The summed E-state index contributed by atoms with van der Waals surface area (Å²) in [5, 5.41) is 8.93. The average Bonchev–Trinajstić information content (AvgIpc) is 2.67. The highest BCUT2D eigenvalue weighted by Gasteiger charge is 2.53. The van der Waals surface area contributed by atoms with Gasteiger partial charge in [-0.1, -0.05) is 13.0 Å². The van der Waals surface area contributed by atoms with E-state index < -0.39 is 17.1 Å². The van der Waals surface area contributed by atoms with Crippen molar-refractivity contribution in [2.75, 3.05) is 0 Å². The van der Waals surface area contributed by atoms with Crippen molar-refractivity contribution < 1.29 is 19.1 Å². The van der Waals surface area contributed by atoms with Crippen LogP contribution >= 0.6 is 0 Å². The van der Waals surface area contributed by atoms with Gasteiger partial charge in [0, 0.05) is 0 Å². The van der Waals surface area contributed by atoms with Crippen LogP contribution in [0.2, 0.25) is 0 Å². The maximum Gasteiger partial charge on any atom is 0.179 e. The van der Waals surface area contributed by atoms with Crippen molar-refractivity contribution in [1.82, 2.24) is 0 Å². The molecule has 1 aliphatic heterocycles. The molecule has 29 heavy (non-hydrogen) atoms. The molecule has 0 unspecified atom stereocenters. The Morgan fingerprint density at radius 3 is 2.03 bits per heavy atom. The second kappa shape index (κ2) is 7.46. The van der Waals surface area contributed by atoms with Gasteiger partial charge < -0.3 is 9.47 Å². The topological polar surface area (TPSA) is 76.4 Å². The van der Waals surface area contributed by atoms with Gasteiger partial charge in [-0.3, -0.25) is 9.59 Å². The molecule has 0 bridgehead atoms. The normalized spacial score (nSPS) is 18.3. The van der Waals surface area contributed by atoms with E-state index in [1.165, 1.54) is 0 Å². The van der Waals surface area contributed by atoms with Gasteiger partial charge in [-0.25, -0.2) is 0 Å². The predicted octanol–water partition coefficient (Wildman–Crippen LogP) is 4.72. The summed E-state index contributed by atoms with van der Waals surface area (Å²) in [6.45, 7) is 8.82. The number of hydrogen-bond acceptors (Lipinski definition) is 5. The summed E-state index contributed by atoms with van der Waals surface area (Å²) in [4.78, 5) is 26.3. The van der Waals surface area contributed by atoms with Crippen LogP contribution in [0.1, 0.15) is 57.2 Å².